The molecule has 0 amide bonds. The lowest BCUT2D eigenvalue weighted by atomic mass is 9.94. The standard InChI is InChI=1S/C13H9BrF8N2/c1-6(4-23)5-24-10-8(14)2-7(3-9(10)15)11(16,12(17,18)19)13(20,21)22/h2-5,23-24H,1H3/b6-5-,23-4?. The Hall–Kier alpha value is -1.65. The van der Waals surface area contributed by atoms with Crippen LogP contribution >= 0.6 is 15.9 Å². The zero-order chi connectivity index (χ0) is 18.9. The number of nitrogens with one attached hydrogen (secondary N) is 2. The van der Waals surface area contributed by atoms with E-state index < -0.39 is 39.6 Å². The number of rotatable bonds is 4. The van der Waals surface area contributed by atoms with Crippen LogP contribution in [0, 0.1) is 11.2 Å². The molecule has 2 N–H and O–H groups in total. The lowest BCUT2D eigenvalue weighted by Crippen LogP contribution is -2.50. The van der Waals surface area contributed by atoms with Crippen molar-refractivity contribution in [3.05, 3.63) is 39.8 Å². The highest BCUT2D eigenvalue weighted by atomic mass is 79.9. The van der Waals surface area contributed by atoms with Crippen molar-refractivity contribution < 1.29 is 35.1 Å². The van der Waals surface area contributed by atoms with Crippen LogP contribution in [-0.4, -0.2) is 18.6 Å². The number of allylic oxidation sites excluding steroid dienone is 1. The van der Waals surface area contributed by atoms with E-state index in [0.717, 1.165) is 12.4 Å². The Balaban J connectivity index is 3.50. The van der Waals surface area contributed by atoms with Crippen LogP contribution in [-0.2, 0) is 5.67 Å². The molecule has 2 nitrogen and oxygen atoms in total. The predicted molar refractivity (Wildman–Crippen MR) is 75.2 cm³/mol. The lowest BCUT2D eigenvalue weighted by Gasteiger charge is -2.30. The SMILES string of the molecule is C/C(C=N)=C/Nc1c(F)cc(C(F)(C(F)(F)F)C(F)(F)F)cc1Br. The molecule has 24 heavy (non-hydrogen) atoms. The molecule has 0 aromatic heterocycles. The number of anilines is 1. The smallest absolute Gasteiger partial charge is 0.358 e. The molecule has 0 aliphatic carbocycles. The normalized spacial score (nSPS) is 13.8. The molecule has 0 fully saturated rings. The maximum atomic E-state index is 13.9. The summed E-state index contributed by atoms with van der Waals surface area (Å²) in [5, 5.41) is 9.16. The molecule has 0 spiro atoms. The van der Waals surface area contributed by atoms with Gasteiger partial charge in [-0.2, -0.15) is 26.3 Å². The Morgan fingerprint density at radius 1 is 1.08 bits per heavy atom. The van der Waals surface area contributed by atoms with Crippen LogP contribution in [0.15, 0.2) is 28.4 Å². The van der Waals surface area contributed by atoms with Crippen molar-refractivity contribution in [2.45, 2.75) is 24.9 Å². The summed E-state index contributed by atoms with van der Waals surface area (Å²) in [6, 6.07) is 0.0155. The van der Waals surface area contributed by atoms with Gasteiger partial charge in [-0.15, -0.1) is 0 Å². The van der Waals surface area contributed by atoms with E-state index in [0.29, 0.717) is 0 Å². The van der Waals surface area contributed by atoms with Crippen LogP contribution in [0.2, 0.25) is 0 Å². The summed E-state index contributed by atoms with van der Waals surface area (Å²) in [4.78, 5) is 0. The molecule has 134 valence electrons. The molecule has 11 heteroatoms. The molecule has 0 atom stereocenters. The first kappa shape index (κ1) is 20.4. The first-order valence-corrected chi connectivity index (χ1v) is 6.80. The number of hydrogen-bond donors (Lipinski definition) is 2. The van der Waals surface area contributed by atoms with Gasteiger partial charge in [-0.25, -0.2) is 8.78 Å². The highest BCUT2D eigenvalue weighted by molar-refractivity contribution is 9.10. The van der Waals surface area contributed by atoms with E-state index in [1.807, 2.05) is 0 Å². The van der Waals surface area contributed by atoms with E-state index in [1.54, 1.807) is 0 Å². The van der Waals surface area contributed by atoms with Gasteiger partial charge in [0.15, 0.2) is 0 Å². The van der Waals surface area contributed by atoms with E-state index in [2.05, 4.69) is 21.2 Å². The maximum absolute atomic E-state index is 13.9. The molecule has 1 aromatic rings. The highest BCUT2D eigenvalue weighted by Gasteiger charge is 2.73. The predicted octanol–water partition coefficient (Wildman–Crippen LogP) is 5.84. The Morgan fingerprint density at radius 2 is 1.58 bits per heavy atom. The maximum Gasteiger partial charge on any atom is 0.435 e. The number of alkyl halides is 7. The van der Waals surface area contributed by atoms with Crippen LogP contribution in [0.25, 0.3) is 0 Å². The van der Waals surface area contributed by atoms with Gasteiger partial charge in [0.05, 0.1) is 5.69 Å². The van der Waals surface area contributed by atoms with Gasteiger partial charge in [0, 0.05) is 22.5 Å². The molecular formula is C13H9BrF8N2. The Kier molecular flexibility index (Phi) is 5.69. The molecule has 0 unspecified atom stereocenters. The van der Waals surface area contributed by atoms with E-state index in [-0.39, 0.29) is 17.7 Å². The minimum atomic E-state index is -6.33. The summed E-state index contributed by atoms with van der Waals surface area (Å²) >= 11 is 2.61. The Morgan fingerprint density at radius 3 is 1.96 bits per heavy atom. The fourth-order valence-corrected chi connectivity index (χ4v) is 2.18. The topological polar surface area (TPSA) is 35.9 Å². The van der Waals surface area contributed by atoms with Crippen LogP contribution in [0.3, 0.4) is 0 Å². The van der Waals surface area contributed by atoms with Crippen molar-refractivity contribution >= 4 is 27.8 Å². The van der Waals surface area contributed by atoms with Crippen LogP contribution in [0.1, 0.15) is 12.5 Å². The van der Waals surface area contributed by atoms with Crippen molar-refractivity contribution in [3.63, 3.8) is 0 Å². The second-order valence-corrected chi connectivity index (χ2v) is 5.50. The molecule has 0 aliphatic heterocycles. The van der Waals surface area contributed by atoms with Gasteiger partial charge in [0.25, 0.3) is 0 Å². The highest BCUT2D eigenvalue weighted by Crippen LogP contribution is 2.54. The summed E-state index contributed by atoms with van der Waals surface area (Å²) in [6.45, 7) is 1.43. The van der Waals surface area contributed by atoms with Crippen LogP contribution < -0.4 is 5.32 Å². The Bertz CT molecular complexity index is 626. The number of halogens is 9. The Labute approximate surface area is 139 Å². The minimum Gasteiger partial charge on any atom is -0.358 e. The van der Waals surface area contributed by atoms with Gasteiger partial charge >= 0.3 is 18.0 Å². The first-order valence-electron chi connectivity index (χ1n) is 6.01. The van der Waals surface area contributed by atoms with Crippen LogP contribution in [0.5, 0.6) is 0 Å². The summed E-state index contributed by atoms with van der Waals surface area (Å²) in [5.41, 5.74) is -7.88. The second-order valence-electron chi connectivity index (χ2n) is 4.65. The fourth-order valence-electron chi connectivity index (χ4n) is 1.63. The van der Waals surface area contributed by atoms with Gasteiger partial charge in [0.1, 0.15) is 5.82 Å². The zero-order valence-corrected chi connectivity index (χ0v) is 13.3. The average Bonchev–Trinajstić information content (AvgIpc) is 2.42. The van der Waals surface area contributed by atoms with Gasteiger partial charge in [-0.1, -0.05) is 0 Å². The summed E-state index contributed by atoms with van der Waals surface area (Å²) < 4.78 is 103. The van der Waals surface area contributed by atoms with Crippen molar-refractivity contribution in [2.75, 3.05) is 5.32 Å². The summed E-state index contributed by atoms with van der Waals surface area (Å²) in [5.74, 6) is -1.54. The summed E-state index contributed by atoms with van der Waals surface area (Å²) in [6.07, 6.45) is -10.7. The molecule has 0 radical (unpaired) electrons. The van der Waals surface area contributed by atoms with E-state index in [4.69, 9.17) is 5.41 Å². The zero-order valence-electron chi connectivity index (χ0n) is 11.7. The third-order valence-corrected chi connectivity index (χ3v) is 3.52. The number of benzene rings is 1. The molecule has 0 heterocycles. The van der Waals surface area contributed by atoms with Crippen molar-refractivity contribution in [2.24, 2.45) is 0 Å². The van der Waals surface area contributed by atoms with E-state index in [9.17, 15) is 35.1 Å². The van der Waals surface area contributed by atoms with Crippen LogP contribution in [0.4, 0.5) is 40.8 Å². The largest absolute Gasteiger partial charge is 0.435 e. The van der Waals surface area contributed by atoms with Crippen molar-refractivity contribution in [1.82, 2.24) is 0 Å². The quantitative estimate of drug-likeness (QED) is 0.462. The molecule has 0 saturated heterocycles. The van der Waals surface area contributed by atoms with Crippen molar-refractivity contribution in [1.29, 1.82) is 5.41 Å². The third-order valence-electron chi connectivity index (χ3n) is 2.89. The van der Waals surface area contributed by atoms with Gasteiger partial charge in [-0.3, -0.25) is 0 Å². The molecule has 1 aromatic carbocycles. The third kappa shape index (κ3) is 3.70. The molecule has 1 rings (SSSR count). The molecule has 0 saturated carbocycles. The molecular weight excluding hydrogens is 416 g/mol. The van der Waals surface area contributed by atoms with Gasteiger partial charge in [-0.05, 0) is 40.6 Å². The van der Waals surface area contributed by atoms with Gasteiger partial charge in [0.2, 0.25) is 0 Å². The molecule has 0 aliphatic rings. The first-order chi connectivity index (χ1) is 10.8. The van der Waals surface area contributed by atoms with E-state index in [1.165, 1.54) is 6.92 Å². The van der Waals surface area contributed by atoms with E-state index >= 15 is 0 Å². The lowest BCUT2D eigenvalue weighted by molar-refractivity contribution is -0.348. The van der Waals surface area contributed by atoms with Gasteiger partial charge < -0.3 is 10.7 Å². The summed E-state index contributed by atoms with van der Waals surface area (Å²) in [7, 11) is 0. The second kappa shape index (κ2) is 6.69. The number of hydrogen-bond acceptors (Lipinski definition) is 2. The molecule has 0 bridgehead atoms. The average molecular weight is 425 g/mol. The van der Waals surface area contributed by atoms with Crippen molar-refractivity contribution in [3.8, 4) is 0 Å². The monoisotopic (exact) mass is 424 g/mol. The minimum absolute atomic E-state index is 0.179. The fraction of sp³-hybridized carbons (Fsp3) is 0.308.